The highest BCUT2D eigenvalue weighted by atomic mass is 16.5. The van der Waals surface area contributed by atoms with Crippen LogP contribution in [0.2, 0.25) is 0 Å². The lowest BCUT2D eigenvalue weighted by atomic mass is 10.2. The molecule has 0 aliphatic carbocycles. The normalized spacial score (nSPS) is 9.90. The Bertz CT molecular complexity index is 511. The summed E-state index contributed by atoms with van der Waals surface area (Å²) in [6.45, 7) is 3.26. The van der Waals surface area contributed by atoms with Crippen LogP contribution in [0.3, 0.4) is 0 Å². The van der Waals surface area contributed by atoms with Gasteiger partial charge in [-0.25, -0.2) is 9.59 Å². The van der Waals surface area contributed by atoms with Crippen LogP contribution < -0.4 is 15.4 Å². The number of urea groups is 1. The second-order valence-corrected chi connectivity index (χ2v) is 4.39. The van der Waals surface area contributed by atoms with E-state index in [9.17, 15) is 14.4 Å². The van der Waals surface area contributed by atoms with Gasteiger partial charge in [0.25, 0.3) is 5.91 Å². The van der Waals surface area contributed by atoms with Gasteiger partial charge < -0.3 is 14.8 Å². The molecule has 0 unspecified atom stereocenters. The highest BCUT2D eigenvalue weighted by Crippen LogP contribution is 2.14. The number of rotatable bonds is 5. The summed E-state index contributed by atoms with van der Waals surface area (Å²) in [4.78, 5) is 33.8. The number of nitrogens with one attached hydrogen (secondary N) is 2. The minimum Gasteiger partial charge on any atom is -0.491 e. The van der Waals surface area contributed by atoms with Crippen molar-refractivity contribution in [3.63, 3.8) is 0 Å². The van der Waals surface area contributed by atoms with E-state index in [2.05, 4.69) is 5.32 Å². The third-order valence-electron chi connectivity index (χ3n) is 2.28. The van der Waals surface area contributed by atoms with Crippen molar-refractivity contribution in [3.05, 3.63) is 29.8 Å². The Morgan fingerprint density at radius 1 is 1.14 bits per heavy atom. The summed E-state index contributed by atoms with van der Waals surface area (Å²) in [5.41, 5.74) is 0.291. The third-order valence-corrected chi connectivity index (χ3v) is 2.28. The lowest BCUT2D eigenvalue weighted by molar-refractivity contribution is -0.123. The maximum absolute atomic E-state index is 11.7. The summed E-state index contributed by atoms with van der Waals surface area (Å²) in [6.07, 6.45) is 0.0382. The van der Waals surface area contributed by atoms with Gasteiger partial charge in [0.15, 0.2) is 6.61 Å². The Kier molecular flexibility index (Phi) is 6.19. The zero-order chi connectivity index (χ0) is 15.8. The fourth-order valence-corrected chi connectivity index (χ4v) is 1.38. The molecule has 0 radical (unpaired) electrons. The van der Waals surface area contributed by atoms with Crippen LogP contribution >= 0.6 is 0 Å². The minimum absolute atomic E-state index is 0.0382. The molecule has 7 heteroatoms. The van der Waals surface area contributed by atoms with Crippen LogP contribution in [0.5, 0.6) is 5.75 Å². The molecule has 3 amide bonds. The molecule has 1 rings (SSSR count). The standard InChI is InChI=1S/C14H18N2O5/c1-9(2)21-11-6-4-10(5-7-11)13(18)20-8-12(17)16-14(19)15-3/h4-7,9H,8H2,1-3H3,(H2,15,16,17,19). The molecule has 0 bridgehead atoms. The van der Waals surface area contributed by atoms with Gasteiger partial charge in [0.05, 0.1) is 11.7 Å². The van der Waals surface area contributed by atoms with Crippen LogP contribution in [-0.2, 0) is 9.53 Å². The first-order valence-electron chi connectivity index (χ1n) is 6.37. The fourth-order valence-electron chi connectivity index (χ4n) is 1.38. The van der Waals surface area contributed by atoms with E-state index in [4.69, 9.17) is 9.47 Å². The number of esters is 1. The van der Waals surface area contributed by atoms with E-state index in [0.717, 1.165) is 0 Å². The topological polar surface area (TPSA) is 93.7 Å². The molecule has 0 heterocycles. The van der Waals surface area contributed by atoms with Crippen molar-refractivity contribution in [3.8, 4) is 5.75 Å². The summed E-state index contributed by atoms with van der Waals surface area (Å²) in [5, 5.41) is 4.19. The quantitative estimate of drug-likeness (QED) is 0.793. The molecule has 0 saturated heterocycles. The molecular weight excluding hydrogens is 276 g/mol. The Balaban J connectivity index is 2.48. The van der Waals surface area contributed by atoms with E-state index in [1.54, 1.807) is 12.1 Å². The molecule has 114 valence electrons. The van der Waals surface area contributed by atoms with Crippen LogP contribution in [0.25, 0.3) is 0 Å². The number of amides is 3. The lowest BCUT2D eigenvalue weighted by Gasteiger charge is -2.10. The maximum atomic E-state index is 11.7. The molecule has 0 aromatic heterocycles. The zero-order valence-electron chi connectivity index (χ0n) is 12.1. The molecule has 0 aliphatic heterocycles. The first-order valence-corrected chi connectivity index (χ1v) is 6.37. The van der Waals surface area contributed by atoms with E-state index >= 15 is 0 Å². The molecule has 0 saturated carbocycles. The molecule has 0 fully saturated rings. The average Bonchev–Trinajstić information content (AvgIpc) is 2.44. The molecule has 1 aromatic rings. The monoisotopic (exact) mass is 294 g/mol. The zero-order valence-corrected chi connectivity index (χ0v) is 12.1. The summed E-state index contributed by atoms with van der Waals surface area (Å²) in [5.74, 6) is -0.723. The van der Waals surface area contributed by atoms with Gasteiger partial charge in [-0.2, -0.15) is 0 Å². The molecule has 1 aromatic carbocycles. The number of carbonyl (C=O) groups is 3. The molecule has 0 aliphatic rings. The van der Waals surface area contributed by atoms with E-state index in [1.807, 2.05) is 19.2 Å². The highest BCUT2D eigenvalue weighted by molar-refractivity contribution is 5.96. The van der Waals surface area contributed by atoms with Crippen molar-refractivity contribution in [1.82, 2.24) is 10.6 Å². The summed E-state index contributed by atoms with van der Waals surface area (Å²) in [7, 11) is 1.37. The largest absolute Gasteiger partial charge is 0.491 e. The van der Waals surface area contributed by atoms with Gasteiger partial charge in [-0.1, -0.05) is 0 Å². The smallest absolute Gasteiger partial charge is 0.338 e. The van der Waals surface area contributed by atoms with Gasteiger partial charge in [-0.15, -0.1) is 0 Å². The Labute approximate surface area is 122 Å². The maximum Gasteiger partial charge on any atom is 0.338 e. The van der Waals surface area contributed by atoms with Crippen molar-refractivity contribution in [1.29, 1.82) is 0 Å². The van der Waals surface area contributed by atoms with Crippen LogP contribution in [0, 0.1) is 0 Å². The Morgan fingerprint density at radius 2 is 1.76 bits per heavy atom. The number of carbonyl (C=O) groups excluding carboxylic acids is 3. The molecule has 0 spiro atoms. The summed E-state index contributed by atoms with van der Waals surface area (Å²) >= 11 is 0. The van der Waals surface area contributed by atoms with Gasteiger partial charge >= 0.3 is 12.0 Å². The number of imide groups is 1. The van der Waals surface area contributed by atoms with Crippen LogP contribution in [0.15, 0.2) is 24.3 Å². The summed E-state index contributed by atoms with van der Waals surface area (Å²) < 4.78 is 10.2. The number of ether oxygens (including phenoxy) is 2. The number of benzene rings is 1. The van der Waals surface area contributed by atoms with Gasteiger partial charge in [0, 0.05) is 7.05 Å². The fraction of sp³-hybridized carbons (Fsp3) is 0.357. The Morgan fingerprint density at radius 3 is 2.29 bits per heavy atom. The molecule has 2 N–H and O–H groups in total. The second kappa shape index (κ2) is 7.88. The van der Waals surface area contributed by atoms with Gasteiger partial charge in [-0.05, 0) is 38.1 Å². The van der Waals surface area contributed by atoms with E-state index in [1.165, 1.54) is 19.2 Å². The van der Waals surface area contributed by atoms with E-state index in [0.29, 0.717) is 11.3 Å². The van der Waals surface area contributed by atoms with Gasteiger partial charge in [0.2, 0.25) is 0 Å². The van der Waals surface area contributed by atoms with Crippen molar-refractivity contribution in [2.75, 3.05) is 13.7 Å². The van der Waals surface area contributed by atoms with Crippen LogP contribution in [0.1, 0.15) is 24.2 Å². The van der Waals surface area contributed by atoms with Gasteiger partial charge in [0.1, 0.15) is 5.75 Å². The lowest BCUT2D eigenvalue weighted by Crippen LogP contribution is -2.39. The second-order valence-electron chi connectivity index (χ2n) is 4.39. The summed E-state index contributed by atoms with van der Waals surface area (Å²) in [6, 6.07) is 5.70. The van der Waals surface area contributed by atoms with Gasteiger partial charge in [-0.3, -0.25) is 10.1 Å². The minimum atomic E-state index is -0.706. The predicted molar refractivity (Wildman–Crippen MR) is 75.1 cm³/mol. The molecule has 21 heavy (non-hydrogen) atoms. The number of hydrogen-bond acceptors (Lipinski definition) is 5. The first kappa shape index (κ1) is 16.5. The Hall–Kier alpha value is -2.57. The molecule has 0 atom stereocenters. The third kappa shape index (κ3) is 5.94. The molecular formula is C14H18N2O5. The molecule has 7 nitrogen and oxygen atoms in total. The first-order chi connectivity index (χ1) is 9.92. The van der Waals surface area contributed by atoms with Crippen molar-refractivity contribution in [2.24, 2.45) is 0 Å². The SMILES string of the molecule is CNC(=O)NC(=O)COC(=O)c1ccc(OC(C)C)cc1. The average molecular weight is 294 g/mol. The van der Waals surface area contributed by atoms with Crippen LogP contribution in [-0.4, -0.2) is 37.7 Å². The van der Waals surface area contributed by atoms with E-state index < -0.39 is 24.5 Å². The van der Waals surface area contributed by atoms with Crippen LogP contribution in [0.4, 0.5) is 4.79 Å². The van der Waals surface area contributed by atoms with E-state index in [-0.39, 0.29) is 6.10 Å². The van der Waals surface area contributed by atoms with Crippen molar-refractivity contribution < 1.29 is 23.9 Å². The predicted octanol–water partition coefficient (Wildman–Crippen LogP) is 1.09. The van der Waals surface area contributed by atoms with Crippen molar-refractivity contribution in [2.45, 2.75) is 20.0 Å². The highest BCUT2D eigenvalue weighted by Gasteiger charge is 2.12. The number of hydrogen-bond donors (Lipinski definition) is 2. The van der Waals surface area contributed by atoms with Crippen molar-refractivity contribution >= 4 is 17.9 Å².